The molecule has 7 heteroatoms. The van der Waals surface area contributed by atoms with Crippen LogP contribution in [0.4, 0.5) is 8.78 Å². The second-order valence-corrected chi connectivity index (χ2v) is 11.9. The Balaban J connectivity index is 1.74. The number of unbranched alkanes of at least 4 members (excludes halogenated alkanes) is 2. The molecule has 4 aliphatic carbocycles. The molecule has 0 amide bonds. The van der Waals surface area contributed by atoms with E-state index in [4.69, 9.17) is 21.7 Å². The minimum absolute atomic E-state index is 0.00624. The molecule has 4 nitrogen and oxygen atoms in total. The summed E-state index contributed by atoms with van der Waals surface area (Å²) in [6.07, 6.45) is 6.93. The van der Waals surface area contributed by atoms with Crippen LogP contribution < -0.4 is 0 Å². The van der Waals surface area contributed by atoms with Crippen LogP contribution in [0.3, 0.4) is 0 Å². The maximum absolute atomic E-state index is 17.2. The van der Waals surface area contributed by atoms with Gasteiger partial charge in [-0.1, -0.05) is 39.7 Å². The molecule has 4 rings (SSSR count). The van der Waals surface area contributed by atoms with Crippen LogP contribution in [0.1, 0.15) is 79.1 Å². The van der Waals surface area contributed by atoms with Crippen LogP contribution in [0.2, 0.25) is 0 Å². The van der Waals surface area contributed by atoms with Crippen LogP contribution in [-0.4, -0.2) is 41.4 Å². The summed E-state index contributed by atoms with van der Waals surface area (Å²) in [5.41, 5.74) is -4.51. The minimum Gasteiger partial charge on any atom is -0.487 e. The normalized spacial score (nSPS) is 44.1. The number of carbonyl (C=O) groups is 2. The number of ether oxygens (including phenoxy) is 2. The van der Waals surface area contributed by atoms with Crippen molar-refractivity contribution in [3.8, 4) is 0 Å². The molecule has 0 aromatic rings. The molecular weight excluding hydrogens is 470 g/mol. The van der Waals surface area contributed by atoms with Crippen molar-refractivity contribution in [3.63, 3.8) is 0 Å². The van der Waals surface area contributed by atoms with Gasteiger partial charge < -0.3 is 9.47 Å². The lowest BCUT2D eigenvalue weighted by atomic mass is 9.45. The Kier molecular flexibility index (Phi) is 6.83. The molecule has 194 valence electrons. The third-order valence-electron chi connectivity index (χ3n) is 9.94. The fourth-order valence-corrected chi connectivity index (χ4v) is 8.48. The van der Waals surface area contributed by atoms with Gasteiger partial charge >= 0.3 is 5.97 Å². The highest BCUT2D eigenvalue weighted by Crippen LogP contribution is 2.71. The van der Waals surface area contributed by atoms with Gasteiger partial charge in [0.2, 0.25) is 5.05 Å². The molecule has 4 aliphatic rings. The number of carbonyl (C=O) groups excluding carboxylic acids is 2. The number of esters is 1. The number of methoxy groups -OCH3 is 1. The molecule has 0 aliphatic heterocycles. The number of ketones is 1. The minimum atomic E-state index is -1.71. The third kappa shape index (κ3) is 3.58. The molecule has 0 N–H and O–H groups in total. The van der Waals surface area contributed by atoms with E-state index in [9.17, 15) is 9.59 Å². The fourth-order valence-electron chi connectivity index (χ4n) is 8.00. The van der Waals surface area contributed by atoms with E-state index in [0.29, 0.717) is 19.3 Å². The van der Waals surface area contributed by atoms with Gasteiger partial charge in [0.1, 0.15) is 11.8 Å². The Bertz CT molecular complexity index is 978. The summed E-state index contributed by atoms with van der Waals surface area (Å²) in [6, 6.07) is 0. The third-order valence-corrected chi connectivity index (χ3v) is 10.4. The number of alkyl halides is 2. The number of fused-ring (bicyclic) bond motifs is 5. The van der Waals surface area contributed by atoms with E-state index in [0.717, 1.165) is 19.3 Å². The number of thiocarbonyl (C=S) groups is 1. The summed E-state index contributed by atoms with van der Waals surface area (Å²) in [7, 11) is 1.49. The first-order valence-corrected chi connectivity index (χ1v) is 13.4. The van der Waals surface area contributed by atoms with Crippen molar-refractivity contribution in [1.29, 1.82) is 0 Å². The molecule has 3 saturated carbocycles. The van der Waals surface area contributed by atoms with E-state index < -0.39 is 34.2 Å². The second kappa shape index (κ2) is 9.04. The van der Waals surface area contributed by atoms with Crippen LogP contribution in [0.25, 0.3) is 0 Å². The molecule has 0 bridgehead atoms. The van der Waals surface area contributed by atoms with Crippen LogP contribution >= 0.6 is 12.2 Å². The van der Waals surface area contributed by atoms with E-state index >= 15 is 8.78 Å². The van der Waals surface area contributed by atoms with Crippen LogP contribution in [0, 0.1) is 28.6 Å². The fraction of sp³-hybridized carbons (Fsp3) is 0.750. The largest absolute Gasteiger partial charge is 0.487 e. The predicted octanol–water partition coefficient (Wildman–Crippen LogP) is 6.42. The van der Waals surface area contributed by atoms with E-state index in [1.54, 1.807) is 13.0 Å². The second-order valence-electron chi connectivity index (χ2n) is 11.5. The Morgan fingerprint density at radius 1 is 1.20 bits per heavy atom. The number of halogens is 2. The summed E-state index contributed by atoms with van der Waals surface area (Å²) in [5, 5.41) is 0.216. The van der Waals surface area contributed by atoms with Crippen LogP contribution in [0.15, 0.2) is 23.8 Å². The first-order chi connectivity index (χ1) is 16.4. The number of allylic oxidation sites excluding steroid dienone is 4. The molecule has 0 radical (unpaired) electrons. The van der Waals surface area contributed by atoms with Crippen LogP contribution in [0.5, 0.6) is 0 Å². The Labute approximate surface area is 212 Å². The van der Waals surface area contributed by atoms with Gasteiger partial charge in [-0.05, 0) is 74.9 Å². The van der Waals surface area contributed by atoms with Gasteiger partial charge in [0.05, 0.1) is 7.11 Å². The summed E-state index contributed by atoms with van der Waals surface area (Å²) < 4.78 is 44.7. The van der Waals surface area contributed by atoms with Crippen molar-refractivity contribution < 1.29 is 27.8 Å². The Morgan fingerprint density at radius 2 is 1.91 bits per heavy atom. The first kappa shape index (κ1) is 26.4. The molecule has 0 aromatic carbocycles. The maximum atomic E-state index is 17.2. The molecule has 0 heterocycles. The lowest BCUT2D eigenvalue weighted by molar-refractivity contribution is -0.187. The highest BCUT2D eigenvalue weighted by Gasteiger charge is 2.75. The van der Waals surface area contributed by atoms with Crippen molar-refractivity contribution >= 4 is 29.0 Å². The zero-order valence-electron chi connectivity index (χ0n) is 21.5. The summed E-state index contributed by atoms with van der Waals surface area (Å²) in [5.74, 6) is -1.67. The van der Waals surface area contributed by atoms with Crippen molar-refractivity contribution in [2.24, 2.45) is 28.6 Å². The van der Waals surface area contributed by atoms with Gasteiger partial charge in [-0.3, -0.25) is 9.59 Å². The average molecular weight is 509 g/mol. The van der Waals surface area contributed by atoms with Crippen molar-refractivity contribution in [2.45, 2.75) is 96.5 Å². The Morgan fingerprint density at radius 3 is 2.57 bits per heavy atom. The lowest BCUT2D eigenvalue weighted by Gasteiger charge is -2.61. The molecule has 0 unspecified atom stereocenters. The summed E-state index contributed by atoms with van der Waals surface area (Å²) in [4.78, 5) is 25.0. The summed E-state index contributed by atoms with van der Waals surface area (Å²) in [6.45, 7) is 7.80. The quantitative estimate of drug-likeness (QED) is 0.236. The van der Waals surface area contributed by atoms with Gasteiger partial charge in [0, 0.05) is 29.1 Å². The topological polar surface area (TPSA) is 52.6 Å². The maximum Gasteiger partial charge on any atom is 0.306 e. The molecule has 0 aromatic heterocycles. The summed E-state index contributed by atoms with van der Waals surface area (Å²) >= 11 is 5.70. The number of rotatable bonds is 6. The van der Waals surface area contributed by atoms with E-state index in [2.05, 4.69) is 6.92 Å². The van der Waals surface area contributed by atoms with E-state index in [-0.39, 0.29) is 47.1 Å². The molecule has 0 saturated heterocycles. The van der Waals surface area contributed by atoms with Crippen molar-refractivity contribution in [1.82, 2.24) is 0 Å². The first-order valence-electron chi connectivity index (χ1n) is 13.0. The van der Waals surface area contributed by atoms with Gasteiger partial charge in [-0.2, -0.15) is 0 Å². The average Bonchev–Trinajstić information content (AvgIpc) is 3.04. The van der Waals surface area contributed by atoms with Gasteiger partial charge in [-0.15, -0.1) is 0 Å². The molecular formula is C28H38F2O4S. The molecule has 3 fully saturated rings. The van der Waals surface area contributed by atoms with Gasteiger partial charge in [0.15, 0.2) is 11.4 Å². The molecule has 35 heavy (non-hydrogen) atoms. The number of hydrogen-bond donors (Lipinski definition) is 0. The van der Waals surface area contributed by atoms with Crippen molar-refractivity contribution in [3.05, 3.63) is 23.8 Å². The zero-order chi connectivity index (χ0) is 25.8. The van der Waals surface area contributed by atoms with Gasteiger partial charge in [0.25, 0.3) is 0 Å². The monoisotopic (exact) mass is 508 g/mol. The van der Waals surface area contributed by atoms with E-state index in [1.807, 2.05) is 13.8 Å². The lowest BCUT2D eigenvalue weighted by Crippen LogP contribution is -2.65. The zero-order valence-corrected chi connectivity index (χ0v) is 22.3. The standard InChI is InChI=1S/C28H38F2O4S/c1-6-7-8-9-23(32)34-28(24(35)33-5)17(2)14-19-20-16-22(29)21-15-18(31)10-11-25(21,3)27(20,30)13-12-26(19,28)4/h10-11,15,17,19-20,22H,6-9,12-14,16H2,1-5H3/t17-,19-,20-,22-,25-,26-,27+,28-/m0/s1. The highest BCUT2D eigenvalue weighted by atomic mass is 32.1. The van der Waals surface area contributed by atoms with E-state index in [1.165, 1.54) is 19.3 Å². The molecule has 0 spiro atoms. The Hall–Kier alpha value is -1.63. The SMILES string of the molecule is CCCCCC(=O)O[C@]1(C(=S)OC)[C@@H](C)C[C@H]2[C@@H]3C[C@H](F)C4=CC(=O)C=C[C@]4(C)[C@@]3(F)CC[C@@]21C. The highest BCUT2D eigenvalue weighted by molar-refractivity contribution is 7.80. The van der Waals surface area contributed by atoms with Crippen molar-refractivity contribution in [2.75, 3.05) is 7.11 Å². The predicted molar refractivity (Wildman–Crippen MR) is 134 cm³/mol. The number of hydrogen-bond acceptors (Lipinski definition) is 5. The molecule has 8 atom stereocenters. The van der Waals surface area contributed by atoms with Crippen LogP contribution in [-0.2, 0) is 19.1 Å². The van der Waals surface area contributed by atoms with Gasteiger partial charge in [-0.25, -0.2) is 8.78 Å². The smallest absolute Gasteiger partial charge is 0.306 e.